The summed E-state index contributed by atoms with van der Waals surface area (Å²) in [4.78, 5) is 0. The van der Waals surface area contributed by atoms with Gasteiger partial charge in [-0.2, -0.15) is 5.10 Å². The molecule has 0 bridgehead atoms. The van der Waals surface area contributed by atoms with Crippen molar-refractivity contribution >= 4 is 11.4 Å². The van der Waals surface area contributed by atoms with Crippen LogP contribution >= 0.6 is 0 Å². The minimum atomic E-state index is 0.0745. The molecule has 0 radical (unpaired) electrons. The van der Waals surface area contributed by atoms with Crippen molar-refractivity contribution < 1.29 is 0 Å². The van der Waals surface area contributed by atoms with Gasteiger partial charge in [0.2, 0.25) is 0 Å². The first-order valence-corrected chi connectivity index (χ1v) is 3.98. The highest BCUT2D eigenvalue weighted by atomic mass is 15.2. The summed E-state index contributed by atoms with van der Waals surface area (Å²) in [6.07, 6.45) is 1.84. The molecule has 13 heavy (non-hydrogen) atoms. The molecule has 0 unspecified atom stereocenters. The maximum Gasteiger partial charge on any atom is 0.124 e. The number of nitrogen functional groups attached to an aromatic ring is 1. The second kappa shape index (κ2) is 2.58. The number of hydrogen-bond donors (Lipinski definition) is 2. The number of fused-ring (bicyclic) bond motifs is 1. The Kier molecular flexibility index (Phi) is 1.55. The molecule has 2 aromatic rings. The minimum Gasteiger partial charge on any atom is -0.384 e. The highest BCUT2D eigenvalue weighted by Crippen LogP contribution is 2.10. The summed E-state index contributed by atoms with van der Waals surface area (Å²) in [6, 6.07) is 5.56. The topological polar surface area (TPSA) is 67.2 Å². The van der Waals surface area contributed by atoms with Gasteiger partial charge in [-0.05, 0) is 25.1 Å². The Morgan fingerprint density at radius 2 is 2.38 bits per heavy atom. The molecule has 0 aliphatic rings. The third kappa shape index (κ3) is 1.16. The molecule has 3 N–H and O–H groups in total. The van der Waals surface area contributed by atoms with Crippen LogP contribution in [0.25, 0.3) is 5.52 Å². The quantitative estimate of drug-likeness (QED) is 0.498. The fraction of sp³-hybridized carbons (Fsp3) is 0.111. The molecule has 0 fully saturated rings. The summed E-state index contributed by atoms with van der Waals surface area (Å²) < 4.78 is 1.73. The maximum atomic E-state index is 7.36. The van der Waals surface area contributed by atoms with Gasteiger partial charge < -0.3 is 5.73 Å². The second-order valence-corrected chi connectivity index (χ2v) is 2.95. The zero-order chi connectivity index (χ0) is 9.42. The van der Waals surface area contributed by atoms with Gasteiger partial charge in [-0.1, -0.05) is 0 Å². The van der Waals surface area contributed by atoms with Crippen molar-refractivity contribution in [3.63, 3.8) is 0 Å². The van der Waals surface area contributed by atoms with E-state index in [-0.39, 0.29) is 5.84 Å². The monoisotopic (exact) mass is 174 g/mol. The van der Waals surface area contributed by atoms with Crippen molar-refractivity contribution in [2.24, 2.45) is 5.73 Å². The van der Waals surface area contributed by atoms with Gasteiger partial charge in [-0.3, -0.25) is 5.41 Å². The number of pyridine rings is 1. The molecular weight excluding hydrogens is 164 g/mol. The van der Waals surface area contributed by atoms with Crippen molar-refractivity contribution in [3.8, 4) is 0 Å². The van der Waals surface area contributed by atoms with E-state index in [0.717, 1.165) is 16.8 Å². The summed E-state index contributed by atoms with van der Waals surface area (Å²) >= 11 is 0. The van der Waals surface area contributed by atoms with Crippen LogP contribution in [0.3, 0.4) is 0 Å². The van der Waals surface area contributed by atoms with Crippen LogP contribution in [0.1, 0.15) is 11.3 Å². The Labute approximate surface area is 75.5 Å². The van der Waals surface area contributed by atoms with Crippen molar-refractivity contribution in [2.75, 3.05) is 0 Å². The molecule has 0 amide bonds. The van der Waals surface area contributed by atoms with Crippen LogP contribution in [0.4, 0.5) is 0 Å². The molecule has 0 saturated carbocycles. The molecule has 2 aromatic heterocycles. The lowest BCUT2D eigenvalue weighted by Gasteiger charge is -1.99. The number of nitrogens with zero attached hydrogens (tertiary/aromatic N) is 2. The largest absolute Gasteiger partial charge is 0.384 e. The SMILES string of the molecule is Cc1cc2c(C(=N)N)cccn2n1. The number of rotatable bonds is 1. The molecular formula is C9H10N4. The lowest BCUT2D eigenvalue weighted by Crippen LogP contribution is -2.12. The number of nitrogens with one attached hydrogen (secondary N) is 1. The van der Waals surface area contributed by atoms with Gasteiger partial charge in [0, 0.05) is 11.8 Å². The standard InChI is InChI=1S/C9H10N4/c1-6-5-8-7(9(10)11)3-2-4-13(8)12-6/h2-5H,1H3,(H3,10,11). The lowest BCUT2D eigenvalue weighted by atomic mass is 10.2. The molecule has 0 aliphatic carbocycles. The number of amidine groups is 1. The van der Waals surface area contributed by atoms with Crippen LogP contribution in [0.5, 0.6) is 0 Å². The van der Waals surface area contributed by atoms with E-state index in [4.69, 9.17) is 11.1 Å². The third-order valence-electron chi connectivity index (χ3n) is 1.91. The molecule has 0 saturated heterocycles. The Hall–Kier alpha value is -1.84. The van der Waals surface area contributed by atoms with Crippen LogP contribution in [0, 0.1) is 12.3 Å². The van der Waals surface area contributed by atoms with Crippen molar-refractivity contribution in [3.05, 3.63) is 35.7 Å². The van der Waals surface area contributed by atoms with Crippen LogP contribution in [-0.4, -0.2) is 15.4 Å². The molecule has 0 atom stereocenters. The average Bonchev–Trinajstić information content (AvgIpc) is 2.43. The van der Waals surface area contributed by atoms with E-state index < -0.39 is 0 Å². The lowest BCUT2D eigenvalue weighted by molar-refractivity contribution is 0.933. The van der Waals surface area contributed by atoms with Gasteiger partial charge in [0.15, 0.2) is 0 Å². The number of nitrogens with two attached hydrogens (primary N) is 1. The Bertz CT molecular complexity index is 469. The van der Waals surface area contributed by atoms with E-state index in [1.54, 1.807) is 4.52 Å². The zero-order valence-electron chi connectivity index (χ0n) is 7.28. The predicted molar refractivity (Wildman–Crippen MR) is 50.9 cm³/mol. The van der Waals surface area contributed by atoms with Crippen LogP contribution in [0.15, 0.2) is 24.4 Å². The summed E-state index contributed by atoms with van der Waals surface area (Å²) in [5, 5.41) is 11.6. The maximum absolute atomic E-state index is 7.36. The van der Waals surface area contributed by atoms with Crippen molar-refractivity contribution in [1.82, 2.24) is 9.61 Å². The molecule has 2 heterocycles. The first-order valence-electron chi connectivity index (χ1n) is 3.98. The second-order valence-electron chi connectivity index (χ2n) is 2.95. The Balaban J connectivity index is 2.82. The van der Waals surface area contributed by atoms with Gasteiger partial charge in [0.1, 0.15) is 5.84 Å². The fourth-order valence-corrected chi connectivity index (χ4v) is 1.37. The predicted octanol–water partition coefficient (Wildman–Crippen LogP) is 0.927. The summed E-state index contributed by atoms with van der Waals surface area (Å²) in [7, 11) is 0. The normalized spacial score (nSPS) is 10.5. The molecule has 0 aliphatic heterocycles. The van der Waals surface area contributed by atoms with E-state index in [1.807, 2.05) is 31.3 Å². The van der Waals surface area contributed by atoms with E-state index in [0.29, 0.717) is 0 Å². The third-order valence-corrected chi connectivity index (χ3v) is 1.91. The first-order chi connectivity index (χ1) is 6.18. The number of aryl methyl sites for hydroxylation is 1. The zero-order valence-corrected chi connectivity index (χ0v) is 7.28. The van der Waals surface area contributed by atoms with Gasteiger partial charge >= 0.3 is 0 Å². The van der Waals surface area contributed by atoms with E-state index >= 15 is 0 Å². The van der Waals surface area contributed by atoms with Crippen LogP contribution in [0.2, 0.25) is 0 Å². The first kappa shape index (κ1) is 7.79. The van der Waals surface area contributed by atoms with E-state index in [9.17, 15) is 0 Å². The van der Waals surface area contributed by atoms with Crippen molar-refractivity contribution in [2.45, 2.75) is 6.92 Å². The fourth-order valence-electron chi connectivity index (χ4n) is 1.37. The van der Waals surface area contributed by atoms with E-state index in [1.165, 1.54) is 0 Å². The van der Waals surface area contributed by atoms with Crippen molar-refractivity contribution in [1.29, 1.82) is 5.41 Å². The molecule has 4 nitrogen and oxygen atoms in total. The highest BCUT2D eigenvalue weighted by Gasteiger charge is 2.04. The molecule has 2 rings (SSSR count). The highest BCUT2D eigenvalue weighted by molar-refractivity contribution is 6.01. The Morgan fingerprint density at radius 1 is 1.62 bits per heavy atom. The van der Waals surface area contributed by atoms with Crippen LogP contribution in [-0.2, 0) is 0 Å². The summed E-state index contributed by atoms with van der Waals surface area (Å²) in [5.41, 5.74) is 7.96. The molecule has 0 aromatic carbocycles. The summed E-state index contributed by atoms with van der Waals surface area (Å²) in [5.74, 6) is 0.0745. The van der Waals surface area contributed by atoms with E-state index in [2.05, 4.69) is 5.10 Å². The molecule has 0 spiro atoms. The minimum absolute atomic E-state index is 0.0745. The van der Waals surface area contributed by atoms with Gasteiger partial charge in [0.25, 0.3) is 0 Å². The van der Waals surface area contributed by atoms with Gasteiger partial charge in [-0.15, -0.1) is 0 Å². The van der Waals surface area contributed by atoms with Crippen LogP contribution < -0.4 is 5.73 Å². The average molecular weight is 174 g/mol. The molecule has 4 heteroatoms. The smallest absolute Gasteiger partial charge is 0.124 e. The van der Waals surface area contributed by atoms with Gasteiger partial charge in [-0.25, -0.2) is 4.52 Å². The number of hydrogen-bond acceptors (Lipinski definition) is 2. The van der Waals surface area contributed by atoms with Gasteiger partial charge in [0.05, 0.1) is 11.2 Å². The molecule has 66 valence electrons. The Morgan fingerprint density at radius 3 is 3.08 bits per heavy atom. The summed E-state index contributed by atoms with van der Waals surface area (Å²) in [6.45, 7) is 1.91. The number of aromatic nitrogens is 2.